The summed E-state index contributed by atoms with van der Waals surface area (Å²) >= 11 is 0. The summed E-state index contributed by atoms with van der Waals surface area (Å²) in [5.74, 6) is 1.43. The van der Waals surface area contributed by atoms with E-state index in [4.69, 9.17) is 4.52 Å². The summed E-state index contributed by atoms with van der Waals surface area (Å²) in [6.45, 7) is 1.95. The average molecular weight is 282 g/mol. The topological polar surface area (TPSA) is 106 Å². The van der Waals surface area contributed by atoms with Gasteiger partial charge in [-0.1, -0.05) is 5.16 Å². The molecule has 1 aliphatic carbocycles. The molecule has 1 fully saturated rings. The Bertz CT molecular complexity index is 484. The molecule has 0 spiro atoms. The molecular weight excluding hydrogens is 264 g/mol. The molecule has 1 unspecified atom stereocenters. The first kappa shape index (κ1) is 14.3. The number of ether oxygens (including phenoxy) is 1. The van der Waals surface area contributed by atoms with E-state index < -0.39 is 12.1 Å². The maximum absolute atomic E-state index is 11.7. The lowest BCUT2D eigenvalue weighted by Gasteiger charge is -2.12. The van der Waals surface area contributed by atoms with E-state index in [1.165, 1.54) is 7.11 Å². The van der Waals surface area contributed by atoms with Crippen molar-refractivity contribution in [3.8, 4) is 0 Å². The van der Waals surface area contributed by atoms with Crippen molar-refractivity contribution in [2.24, 2.45) is 0 Å². The molecule has 1 heterocycles. The van der Waals surface area contributed by atoms with E-state index in [1.54, 1.807) is 6.92 Å². The highest BCUT2D eigenvalue weighted by atomic mass is 16.5. The Morgan fingerprint density at radius 3 is 2.90 bits per heavy atom. The van der Waals surface area contributed by atoms with Crippen molar-refractivity contribution in [3.63, 3.8) is 0 Å². The van der Waals surface area contributed by atoms with E-state index in [0.717, 1.165) is 18.7 Å². The number of amides is 2. The van der Waals surface area contributed by atoms with Gasteiger partial charge in [0.25, 0.3) is 0 Å². The fourth-order valence-corrected chi connectivity index (χ4v) is 1.62. The quantitative estimate of drug-likeness (QED) is 0.779. The van der Waals surface area contributed by atoms with Crippen LogP contribution in [0.2, 0.25) is 0 Å². The first-order valence-corrected chi connectivity index (χ1v) is 6.55. The normalized spacial score (nSPS) is 15.5. The number of methoxy groups -OCH3 is 1. The highest BCUT2D eigenvalue weighted by molar-refractivity contribution is 5.85. The SMILES string of the molecule is COC(=O)NC(C)C(=O)NCCc1nc(C2CC2)no1. The van der Waals surface area contributed by atoms with Gasteiger partial charge in [-0.2, -0.15) is 4.98 Å². The molecule has 1 aromatic rings. The van der Waals surface area contributed by atoms with Crippen LogP contribution in [0, 0.1) is 0 Å². The molecule has 1 aliphatic rings. The number of carbonyl (C=O) groups excluding carboxylic acids is 2. The van der Waals surface area contributed by atoms with Crippen molar-refractivity contribution in [2.45, 2.75) is 38.1 Å². The minimum absolute atomic E-state index is 0.294. The van der Waals surface area contributed by atoms with Gasteiger partial charge in [0.2, 0.25) is 11.8 Å². The number of hydrogen-bond donors (Lipinski definition) is 2. The van der Waals surface area contributed by atoms with Gasteiger partial charge in [-0.05, 0) is 19.8 Å². The second kappa shape index (κ2) is 6.36. The molecule has 0 bridgehead atoms. The average Bonchev–Trinajstić information content (AvgIpc) is 3.18. The summed E-state index contributed by atoms with van der Waals surface area (Å²) in [5, 5.41) is 8.95. The Hall–Kier alpha value is -2.12. The van der Waals surface area contributed by atoms with Gasteiger partial charge in [0.1, 0.15) is 6.04 Å². The van der Waals surface area contributed by atoms with Crippen LogP contribution in [-0.2, 0) is 16.0 Å². The largest absolute Gasteiger partial charge is 0.453 e. The number of alkyl carbamates (subject to hydrolysis) is 1. The number of nitrogens with one attached hydrogen (secondary N) is 2. The number of aromatic nitrogens is 2. The van der Waals surface area contributed by atoms with Gasteiger partial charge in [0, 0.05) is 18.9 Å². The predicted octanol–water partition coefficient (Wildman–Crippen LogP) is 0.350. The molecule has 8 heteroatoms. The summed E-state index contributed by atoms with van der Waals surface area (Å²) in [5.41, 5.74) is 0. The third-order valence-electron chi connectivity index (χ3n) is 2.98. The molecular formula is C12H18N4O4. The van der Waals surface area contributed by atoms with Crippen molar-refractivity contribution in [1.82, 2.24) is 20.8 Å². The Kier molecular flexibility index (Phi) is 4.54. The van der Waals surface area contributed by atoms with Crippen LogP contribution >= 0.6 is 0 Å². The third-order valence-corrected chi connectivity index (χ3v) is 2.98. The van der Waals surface area contributed by atoms with E-state index in [0.29, 0.717) is 24.8 Å². The Labute approximate surface area is 116 Å². The van der Waals surface area contributed by atoms with Crippen molar-refractivity contribution in [2.75, 3.05) is 13.7 Å². The van der Waals surface area contributed by atoms with Gasteiger partial charge in [0.15, 0.2) is 5.82 Å². The fraction of sp³-hybridized carbons (Fsp3) is 0.667. The molecule has 0 radical (unpaired) electrons. The van der Waals surface area contributed by atoms with Crippen molar-refractivity contribution in [1.29, 1.82) is 0 Å². The number of hydrogen-bond acceptors (Lipinski definition) is 6. The molecule has 20 heavy (non-hydrogen) atoms. The summed E-state index contributed by atoms with van der Waals surface area (Å²) in [6, 6.07) is -0.660. The van der Waals surface area contributed by atoms with Crippen LogP contribution in [0.5, 0.6) is 0 Å². The Balaban J connectivity index is 1.68. The monoisotopic (exact) mass is 282 g/mol. The highest BCUT2D eigenvalue weighted by Gasteiger charge is 2.28. The summed E-state index contributed by atoms with van der Waals surface area (Å²) < 4.78 is 9.50. The van der Waals surface area contributed by atoms with E-state index in [9.17, 15) is 9.59 Å². The molecule has 2 N–H and O–H groups in total. The third kappa shape index (κ3) is 3.94. The van der Waals surface area contributed by atoms with Crippen LogP contribution < -0.4 is 10.6 Å². The van der Waals surface area contributed by atoms with Crippen molar-refractivity contribution < 1.29 is 18.8 Å². The van der Waals surface area contributed by atoms with E-state index >= 15 is 0 Å². The summed E-state index contributed by atoms with van der Waals surface area (Å²) in [4.78, 5) is 26.9. The zero-order valence-electron chi connectivity index (χ0n) is 11.5. The van der Waals surface area contributed by atoms with Crippen LogP contribution in [0.3, 0.4) is 0 Å². The maximum atomic E-state index is 11.7. The molecule has 1 aromatic heterocycles. The Morgan fingerprint density at radius 2 is 2.25 bits per heavy atom. The zero-order chi connectivity index (χ0) is 14.5. The van der Waals surface area contributed by atoms with Crippen molar-refractivity contribution in [3.05, 3.63) is 11.7 Å². The molecule has 1 atom stereocenters. The molecule has 1 saturated carbocycles. The summed E-state index contributed by atoms with van der Waals surface area (Å²) in [7, 11) is 1.24. The molecule has 0 aromatic carbocycles. The van der Waals surface area contributed by atoms with Crippen LogP contribution in [0.25, 0.3) is 0 Å². The van der Waals surface area contributed by atoms with Crippen molar-refractivity contribution >= 4 is 12.0 Å². The minimum Gasteiger partial charge on any atom is -0.453 e. The van der Waals surface area contributed by atoms with Gasteiger partial charge in [-0.3, -0.25) is 4.79 Å². The molecule has 2 amide bonds. The standard InChI is InChI=1S/C12H18N4O4/c1-7(14-12(18)19-2)11(17)13-6-5-9-15-10(16-20-9)8-3-4-8/h7-8H,3-6H2,1-2H3,(H,13,17)(H,14,18). The summed E-state index contributed by atoms with van der Waals surface area (Å²) in [6.07, 6.45) is 2.06. The van der Waals surface area contributed by atoms with E-state index in [1.807, 2.05) is 0 Å². The highest BCUT2D eigenvalue weighted by Crippen LogP contribution is 2.38. The molecule has 0 saturated heterocycles. The number of rotatable bonds is 6. The lowest BCUT2D eigenvalue weighted by Crippen LogP contribution is -2.45. The molecule has 2 rings (SSSR count). The van der Waals surface area contributed by atoms with Crippen LogP contribution in [0.1, 0.15) is 37.4 Å². The fourth-order valence-electron chi connectivity index (χ4n) is 1.62. The van der Waals surface area contributed by atoms with Crippen LogP contribution in [-0.4, -0.2) is 41.8 Å². The maximum Gasteiger partial charge on any atom is 0.407 e. The van der Waals surface area contributed by atoms with Gasteiger partial charge in [-0.25, -0.2) is 4.79 Å². The molecule has 8 nitrogen and oxygen atoms in total. The zero-order valence-corrected chi connectivity index (χ0v) is 11.5. The number of nitrogens with zero attached hydrogens (tertiary/aromatic N) is 2. The van der Waals surface area contributed by atoms with Gasteiger partial charge in [-0.15, -0.1) is 0 Å². The van der Waals surface area contributed by atoms with Gasteiger partial charge >= 0.3 is 6.09 Å². The van der Waals surface area contributed by atoms with Gasteiger partial charge < -0.3 is 19.9 Å². The van der Waals surface area contributed by atoms with Crippen LogP contribution in [0.4, 0.5) is 4.79 Å². The second-order valence-corrected chi connectivity index (χ2v) is 4.72. The smallest absolute Gasteiger partial charge is 0.407 e. The first-order valence-electron chi connectivity index (χ1n) is 6.55. The van der Waals surface area contributed by atoms with Crippen LogP contribution in [0.15, 0.2) is 4.52 Å². The molecule has 0 aliphatic heterocycles. The molecule has 110 valence electrons. The van der Waals surface area contributed by atoms with E-state index in [-0.39, 0.29) is 5.91 Å². The predicted molar refractivity (Wildman–Crippen MR) is 68.0 cm³/mol. The second-order valence-electron chi connectivity index (χ2n) is 4.72. The van der Waals surface area contributed by atoms with E-state index in [2.05, 4.69) is 25.5 Å². The van der Waals surface area contributed by atoms with Gasteiger partial charge in [0.05, 0.1) is 7.11 Å². The number of carbonyl (C=O) groups is 2. The first-order chi connectivity index (χ1) is 9.60. The lowest BCUT2D eigenvalue weighted by molar-refractivity contribution is -0.122. The lowest BCUT2D eigenvalue weighted by atomic mass is 10.3. The Morgan fingerprint density at radius 1 is 1.50 bits per heavy atom. The minimum atomic E-state index is -0.660.